The van der Waals surface area contributed by atoms with Gasteiger partial charge < -0.3 is 15.2 Å². The van der Waals surface area contributed by atoms with Crippen LogP contribution in [0.4, 0.5) is 0 Å². The Balaban J connectivity index is 1.52. The highest BCUT2D eigenvalue weighted by Gasteiger charge is 2.26. The minimum absolute atomic E-state index is 0.613. The van der Waals surface area contributed by atoms with E-state index >= 15 is 0 Å². The van der Waals surface area contributed by atoms with Gasteiger partial charge in [-0.3, -0.25) is 0 Å². The van der Waals surface area contributed by atoms with Crippen LogP contribution in [-0.4, -0.2) is 29.9 Å². The average Bonchev–Trinajstić information content (AvgIpc) is 3.11. The molecule has 0 bridgehead atoms. The summed E-state index contributed by atoms with van der Waals surface area (Å²) in [6.45, 7) is 3.44. The monoisotopic (exact) mass is 261 g/mol. The van der Waals surface area contributed by atoms with Crippen LogP contribution < -0.4 is 10.1 Å². The third-order valence-electron chi connectivity index (χ3n) is 4.06. The molecule has 2 aliphatic rings. The van der Waals surface area contributed by atoms with Crippen LogP contribution in [0.5, 0.6) is 5.75 Å². The molecule has 2 N–H and O–H groups in total. The van der Waals surface area contributed by atoms with Gasteiger partial charge in [0.05, 0.1) is 12.2 Å². The molecule has 0 radical (unpaired) electrons. The van der Waals surface area contributed by atoms with Gasteiger partial charge in [-0.1, -0.05) is 12.1 Å². The molecule has 0 amide bonds. The van der Waals surface area contributed by atoms with Crippen molar-refractivity contribution in [2.24, 2.45) is 0 Å². The second-order valence-electron chi connectivity index (χ2n) is 6.19. The number of rotatable bonds is 6. The number of hydrogen-bond donors (Lipinski definition) is 2. The van der Waals surface area contributed by atoms with Crippen molar-refractivity contribution in [3.05, 3.63) is 29.3 Å². The van der Waals surface area contributed by atoms with Gasteiger partial charge in [0.1, 0.15) is 5.75 Å². The quantitative estimate of drug-likeness (QED) is 0.823. The predicted octanol–water partition coefficient (Wildman–Crippen LogP) is 2.06. The summed E-state index contributed by atoms with van der Waals surface area (Å²) in [7, 11) is 0. The zero-order chi connectivity index (χ0) is 13.3. The van der Waals surface area contributed by atoms with Gasteiger partial charge in [0, 0.05) is 19.0 Å². The maximum Gasteiger partial charge on any atom is 0.122 e. The van der Waals surface area contributed by atoms with Crippen molar-refractivity contribution in [3.8, 4) is 5.75 Å². The number of benzene rings is 1. The van der Waals surface area contributed by atoms with E-state index in [1.165, 1.54) is 24.0 Å². The van der Waals surface area contributed by atoms with Crippen LogP contribution in [0.3, 0.4) is 0 Å². The van der Waals surface area contributed by atoms with Gasteiger partial charge in [0.15, 0.2) is 0 Å². The predicted molar refractivity (Wildman–Crippen MR) is 75.6 cm³/mol. The summed E-state index contributed by atoms with van der Waals surface area (Å²) in [6.07, 6.45) is 5.27. The Morgan fingerprint density at radius 2 is 2.26 bits per heavy atom. The highest BCUT2D eigenvalue weighted by Crippen LogP contribution is 2.27. The molecule has 0 spiro atoms. The summed E-state index contributed by atoms with van der Waals surface area (Å²) in [4.78, 5) is 0. The van der Waals surface area contributed by atoms with Crippen LogP contribution in [0, 0.1) is 0 Å². The van der Waals surface area contributed by atoms with Crippen LogP contribution in [0.2, 0.25) is 0 Å². The van der Waals surface area contributed by atoms with Gasteiger partial charge in [0.25, 0.3) is 0 Å². The molecule has 1 fully saturated rings. The molecule has 1 aliphatic heterocycles. The Morgan fingerprint density at radius 1 is 1.42 bits per heavy atom. The smallest absolute Gasteiger partial charge is 0.122 e. The topological polar surface area (TPSA) is 41.5 Å². The van der Waals surface area contributed by atoms with E-state index in [2.05, 4.69) is 23.5 Å². The van der Waals surface area contributed by atoms with Crippen molar-refractivity contribution in [1.29, 1.82) is 0 Å². The van der Waals surface area contributed by atoms with Gasteiger partial charge in [0.2, 0.25) is 0 Å². The van der Waals surface area contributed by atoms with Gasteiger partial charge in [-0.15, -0.1) is 0 Å². The standard InChI is InChI=1S/C16H23NO2/c1-16(18,11-17-14-3-4-14)8-6-12-2-5-15-13(10-12)7-9-19-15/h2,5,10,14,17-18H,3-4,6-9,11H2,1H3. The van der Waals surface area contributed by atoms with Crippen molar-refractivity contribution >= 4 is 0 Å². The van der Waals surface area contributed by atoms with E-state index < -0.39 is 5.60 Å². The van der Waals surface area contributed by atoms with E-state index in [9.17, 15) is 5.11 Å². The van der Waals surface area contributed by atoms with Crippen molar-refractivity contribution in [3.63, 3.8) is 0 Å². The maximum absolute atomic E-state index is 10.4. The fourth-order valence-electron chi connectivity index (χ4n) is 2.55. The van der Waals surface area contributed by atoms with Gasteiger partial charge in [-0.05, 0) is 49.8 Å². The van der Waals surface area contributed by atoms with E-state index in [-0.39, 0.29) is 0 Å². The molecule has 1 saturated carbocycles. The second kappa shape index (κ2) is 5.14. The lowest BCUT2D eigenvalue weighted by Crippen LogP contribution is -2.39. The Kier molecular flexibility index (Phi) is 3.50. The summed E-state index contributed by atoms with van der Waals surface area (Å²) in [6, 6.07) is 7.07. The lowest BCUT2D eigenvalue weighted by molar-refractivity contribution is 0.0507. The molecule has 0 aromatic heterocycles. The summed E-state index contributed by atoms with van der Waals surface area (Å²) >= 11 is 0. The van der Waals surface area contributed by atoms with Crippen molar-refractivity contribution < 1.29 is 9.84 Å². The SMILES string of the molecule is CC(O)(CCc1ccc2c(c1)CCO2)CNC1CC1. The minimum atomic E-state index is -0.613. The molecule has 3 heteroatoms. The van der Waals surface area contributed by atoms with E-state index in [1.54, 1.807) is 0 Å². The molecular weight excluding hydrogens is 238 g/mol. The summed E-state index contributed by atoms with van der Waals surface area (Å²) in [5.41, 5.74) is 2.00. The first-order chi connectivity index (χ1) is 9.12. The lowest BCUT2D eigenvalue weighted by Gasteiger charge is -2.24. The molecule has 1 unspecified atom stereocenters. The third kappa shape index (κ3) is 3.48. The van der Waals surface area contributed by atoms with E-state index in [4.69, 9.17) is 4.74 Å². The Hall–Kier alpha value is -1.06. The number of ether oxygens (including phenoxy) is 1. The molecular formula is C16H23NO2. The summed E-state index contributed by atoms with van der Waals surface area (Å²) in [5, 5.41) is 13.8. The van der Waals surface area contributed by atoms with Crippen LogP contribution >= 0.6 is 0 Å². The average molecular weight is 261 g/mol. The molecule has 1 atom stereocenters. The number of fused-ring (bicyclic) bond motifs is 1. The normalized spacial score (nSPS) is 20.7. The summed E-state index contributed by atoms with van der Waals surface area (Å²) < 4.78 is 5.51. The number of hydrogen-bond acceptors (Lipinski definition) is 3. The molecule has 1 aromatic rings. The van der Waals surface area contributed by atoms with Gasteiger partial charge in [-0.25, -0.2) is 0 Å². The summed E-state index contributed by atoms with van der Waals surface area (Å²) in [5.74, 6) is 1.03. The fourth-order valence-corrected chi connectivity index (χ4v) is 2.55. The zero-order valence-corrected chi connectivity index (χ0v) is 11.6. The number of aryl methyl sites for hydroxylation is 1. The van der Waals surface area contributed by atoms with Crippen molar-refractivity contribution in [2.75, 3.05) is 13.2 Å². The molecule has 1 aliphatic carbocycles. The van der Waals surface area contributed by atoms with Gasteiger partial charge in [-0.2, -0.15) is 0 Å². The molecule has 1 aromatic carbocycles. The third-order valence-corrected chi connectivity index (χ3v) is 4.06. The molecule has 1 heterocycles. The first-order valence-electron chi connectivity index (χ1n) is 7.33. The van der Waals surface area contributed by atoms with Crippen LogP contribution in [-0.2, 0) is 12.8 Å². The van der Waals surface area contributed by atoms with Crippen LogP contribution in [0.1, 0.15) is 37.3 Å². The second-order valence-corrected chi connectivity index (χ2v) is 6.19. The zero-order valence-electron chi connectivity index (χ0n) is 11.6. The van der Waals surface area contributed by atoms with Crippen molar-refractivity contribution in [1.82, 2.24) is 5.32 Å². The highest BCUT2D eigenvalue weighted by molar-refractivity contribution is 5.39. The van der Waals surface area contributed by atoms with E-state index in [1.807, 2.05) is 6.92 Å². The van der Waals surface area contributed by atoms with Crippen LogP contribution in [0.25, 0.3) is 0 Å². The molecule has 3 rings (SSSR count). The Labute approximate surface area is 115 Å². The number of nitrogens with one attached hydrogen (secondary N) is 1. The van der Waals surface area contributed by atoms with Crippen molar-refractivity contribution in [2.45, 2.75) is 50.7 Å². The minimum Gasteiger partial charge on any atom is -0.493 e. The Morgan fingerprint density at radius 3 is 3.05 bits per heavy atom. The molecule has 0 saturated heterocycles. The van der Waals surface area contributed by atoms with E-state index in [0.717, 1.165) is 31.6 Å². The molecule has 3 nitrogen and oxygen atoms in total. The largest absolute Gasteiger partial charge is 0.493 e. The van der Waals surface area contributed by atoms with E-state index in [0.29, 0.717) is 12.6 Å². The highest BCUT2D eigenvalue weighted by atomic mass is 16.5. The fraction of sp³-hybridized carbons (Fsp3) is 0.625. The maximum atomic E-state index is 10.4. The first kappa shape index (κ1) is 12.9. The lowest BCUT2D eigenvalue weighted by atomic mass is 9.95. The number of aliphatic hydroxyl groups is 1. The van der Waals surface area contributed by atoms with Crippen LogP contribution in [0.15, 0.2) is 18.2 Å². The first-order valence-corrected chi connectivity index (χ1v) is 7.33. The molecule has 104 valence electrons. The molecule has 19 heavy (non-hydrogen) atoms. The Bertz CT molecular complexity index is 452. The van der Waals surface area contributed by atoms with Gasteiger partial charge >= 0.3 is 0 Å².